The number of amides is 1. The zero-order valence-corrected chi connectivity index (χ0v) is 18.0. The zero-order valence-electron chi connectivity index (χ0n) is 17.3. The van der Waals surface area contributed by atoms with Crippen LogP contribution in [0.25, 0.3) is 10.9 Å². The third kappa shape index (κ3) is 2.82. The number of aliphatic hydroxyl groups excluding tert-OH is 1. The molecule has 2 aromatic carbocycles. The number of fused-ring (bicyclic) bond motifs is 2. The quantitative estimate of drug-likeness (QED) is 0.626. The molecule has 3 aliphatic carbocycles. The van der Waals surface area contributed by atoms with Crippen LogP contribution in [0, 0.1) is 5.82 Å². The van der Waals surface area contributed by atoms with Crippen molar-refractivity contribution in [1.82, 2.24) is 15.1 Å². The Morgan fingerprint density at radius 3 is 2.88 bits per heavy atom. The van der Waals surface area contributed by atoms with Gasteiger partial charge in [0, 0.05) is 41.2 Å². The molecule has 2 bridgehead atoms. The molecule has 4 aliphatic rings. The van der Waals surface area contributed by atoms with Crippen LogP contribution in [-0.2, 0) is 10.3 Å². The number of carbonyl (C=O) groups is 1. The number of nitrogens with one attached hydrogen (secondary N) is 1. The minimum atomic E-state index is -0.944. The molecule has 1 aliphatic heterocycles. The van der Waals surface area contributed by atoms with Crippen LogP contribution in [0.4, 0.5) is 4.39 Å². The molecule has 7 nitrogen and oxygen atoms in total. The maximum absolute atomic E-state index is 13.8. The van der Waals surface area contributed by atoms with E-state index >= 15 is 0 Å². The highest BCUT2D eigenvalue weighted by atomic mass is 35.5. The number of aliphatic hydroxyl groups is 1. The van der Waals surface area contributed by atoms with Gasteiger partial charge in [-0.2, -0.15) is 5.10 Å². The summed E-state index contributed by atoms with van der Waals surface area (Å²) in [5, 5.41) is 19.2. The molecule has 7 rings (SSSR count). The van der Waals surface area contributed by atoms with Crippen LogP contribution in [-0.4, -0.2) is 39.5 Å². The summed E-state index contributed by atoms with van der Waals surface area (Å²) in [7, 11) is 1.63. The topological polar surface area (TPSA) is 85.6 Å². The first-order valence-corrected chi connectivity index (χ1v) is 10.9. The SMILES string of the molecule is COc1ccc2cn(C34CC(NC(=O)[C@H]5C[C@@H](O)c6cc(Cl)c(F)cc6O5)(C3)C4)nc2c1. The average Bonchev–Trinajstić information content (AvgIpc) is 3.13. The van der Waals surface area contributed by atoms with Gasteiger partial charge in [0.1, 0.15) is 17.3 Å². The second kappa shape index (κ2) is 6.59. The third-order valence-electron chi connectivity index (χ3n) is 7.00. The van der Waals surface area contributed by atoms with Gasteiger partial charge < -0.3 is 19.9 Å². The summed E-state index contributed by atoms with van der Waals surface area (Å²) in [5.74, 6) is -0.0287. The molecule has 9 heteroatoms. The summed E-state index contributed by atoms with van der Waals surface area (Å²) in [4.78, 5) is 12.9. The summed E-state index contributed by atoms with van der Waals surface area (Å²) < 4.78 is 26.8. The van der Waals surface area contributed by atoms with E-state index in [0.29, 0.717) is 5.56 Å². The monoisotopic (exact) mass is 457 g/mol. The molecule has 3 fully saturated rings. The predicted molar refractivity (Wildman–Crippen MR) is 114 cm³/mol. The maximum atomic E-state index is 13.8. The van der Waals surface area contributed by atoms with Crippen LogP contribution in [0.5, 0.6) is 11.5 Å². The van der Waals surface area contributed by atoms with Gasteiger partial charge in [0.2, 0.25) is 0 Å². The van der Waals surface area contributed by atoms with Gasteiger partial charge in [-0.05, 0) is 37.5 Å². The van der Waals surface area contributed by atoms with Crippen molar-refractivity contribution in [3.63, 3.8) is 0 Å². The number of nitrogens with zero attached hydrogens (tertiary/aromatic N) is 2. The molecule has 1 amide bonds. The van der Waals surface area contributed by atoms with E-state index < -0.39 is 18.0 Å². The number of rotatable bonds is 4. The van der Waals surface area contributed by atoms with Crippen molar-refractivity contribution in [3.8, 4) is 11.5 Å². The summed E-state index contributed by atoms with van der Waals surface area (Å²) >= 11 is 5.80. The number of carbonyl (C=O) groups excluding carboxylic acids is 1. The summed E-state index contributed by atoms with van der Waals surface area (Å²) in [6.45, 7) is 0. The van der Waals surface area contributed by atoms with Crippen molar-refractivity contribution < 1.29 is 23.8 Å². The standard InChI is InChI=1S/C23H21ClFN3O4/c1-31-13-3-2-12-8-28(27-17(12)4-13)23-9-22(10-23,11-23)26-21(30)20-7-18(29)14-5-15(24)16(25)6-19(14)32-20/h2-6,8,18,20,29H,7,9-11H2,1H3,(H,26,30)/t18-,20-,22?,23?/m1/s1. The van der Waals surface area contributed by atoms with Crippen LogP contribution in [0.15, 0.2) is 36.5 Å². The molecule has 0 unspecified atom stereocenters. The Morgan fingerprint density at radius 2 is 2.12 bits per heavy atom. The molecule has 3 saturated carbocycles. The Labute approximate surface area is 188 Å². The van der Waals surface area contributed by atoms with Crippen molar-refractivity contribution in [2.75, 3.05) is 7.11 Å². The summed E-state index contributed by atoms with van der Waals surface area (Å²) in [5.41, 5.74) is 0.904. The van der Waals surface area contributed by atoms with Gasteiger partial charge in [0.25, 0.3) is 5.91 Å². The fourth-order valence-corrected chi connectivity index (χ4v) is 5.59. The van der Waals surface area contributed by atoms with Gasteiger partial charge in [-0.25, -0.2) is 4.39 Å². The number of benzene rings is 2. The normalized spacial score (nSPS) is 30.0. The molecule has 2 N–H and O–H groups in total. The van der Waals surface area contributed by atoms with E-state index in [9.17, 15) is 14.3 Å². The maximum Gasteiger partial charge on any atom is 0.261 e. The van der Waals surface area contributed by atoms with E-state index in [4.69, 9.17) is 26.2 Å². The van der Waals surface area contributed by atoms with Gasteiger partial charge in [-0.1, -0.05) is 11.6 Å². The lowest BCUT2D eigenvalue weighted by atomic mass is 9.44. The van der Waals surface area contributed by atoms with Gasteiger partial charge in [-0.15, -0.1) is 0 Å². The number of hydrogen-bond donors (Lipinski definition) is 2. The van der Waals surface area contributed by atoms with E-state index in [-0.39, 0.29) is 34.2 Å². The average molecular weight is 458 g/mol. The molecule has 32 heavy (non-hydrogen) atoms. The lowest BCUT2D eigenvalue weighted by molar-refractivity contribution is -0.164. The van der Waals surface area contributed by atoms with Crippen LogP contribution < -0.4 is 14.8 Å². The Balaban J connectivity index is 1.14. The highest BCUT2D eigenvalue weighted by Gasteiger charge is 2.70. The molecule has 0 spiro atoms. The second-order valence-electron chi connectivity index (χ2n) is 9.18. The van der Waals surface area contributed by atoms with E-state index in [1.807, 2.05) is 29.1 Å². The predicted octanol–water partition coefficient (Wildman–Crippen LogP) is 3.47. The third-order valence-corrected chi connectivity index (χ3v) is 7.29. The number of methoxy groups -OCH3 is 1. The summed E-state index contributed by atoms with van der Waals surface area (Å²) in [6, 6.07) is 8.27. The van der Waals surface area contributed by atoms with Crippen molar-refractivity contribution in [3.05, 3.63) is 52.9 Å². The van der Waals surface area contributed by atoms with Crippen molar-refractivity contribution >= 4 is 28.4 Å². The Morgan fingerprint density at radius 1 is 1.34 bits per heavy atom. The Bertz CT molecular complexity index is 1260. The van der Waals surface area contributed by atoms with Crippen LogP contribution in [0.3, 0.4) is 0 Å². The number of aromatic nitrogens is 2. The van der Waals surface area contributed by atoms with Crippen LogP contribution in [0.1, 0.15) is 37.4 Å². The number of halogens is 2. The second-order valence-corrected chi connectivity index (χ2v) is 9.59. The fraction of sp³-hybridized carbons (Fsp3) is 0.391. The van der Waals surface area contributed by atoms with Crippen LogP contribution >= 0.6 is 11.6 Å². The first kappa shape index (κ1) is 19.8. The van der Waals surface area contributed by atoms with Crippen LogP contribution in [0.2, 0.25) is 5.02 Å². The highest BCUT2D eigenvalue weighted by molar-refractivity contribution is 6.30. The van der Waals surface area contributed by atoms with Gasteiger partial charge in [-0.3, -0.25) is 9.48 Å². The zero-order chi connectivity index (χ0) is 22.3. The number of hydrogen-bond acceptors (Lipinski definition) is 5. The first-order chi connectivity index (χ1) is 15.3. The Hall–Kier alpha value is -2.84. The molecule has 2 atom stereocenters. The lowest BCUT2D eigenvalue weighted by Crippen LogP contribution is -2.79. The molecule has 0 saturated heterocycles. The molecule has 3 aromatic rings. The minimum absolute atomic E-state index is 0.0844. The van der Waals surface area contributed by atoms with Gasteiger partial charge in [0.15, 0.2) is 6.10 Å². The molecule has 166 valence electrons. The molecule has 2 heterocycles. The highest BCUT2D eigenvalue weighted by Crippen LogP contribution is 2.65. The smallest absolute Gasteiger partial charge is 0.261 e. The largest absolute Gasteiger partial charge is 0.497 e. The fourth-order valence-electron chi connectivity index (χ4n) is 5.42. The van der Waals surface area contributed by atoms with Crippen molar-refractivity contribution in [2.24, 2.45) is 0 Å². The van der Waals surface area contributed by atoms with E-state index in [2.05, 4.69) is 5.32 Å². The van der Waals surface area contributed by atoms with Gasteiger partial charge >= 0.3 is 0 Å². The first-order valence-electron chi connectivity index (χ1n) is 10.5. The van der Waals surface area contributed by atoms with E-state index in [1.54, 1.807) is 7.11 Å². The summed E-state index contributed by atoms with van der Waals surface area (Å²) in [6.07, 6.45) is 2.65. The van der Waals surface area contributed by atoms with Gasteiger partial charge in [0.05, 0.1) is 29.3 Å². The number of ether oxygens (including phenoxy) is 2. The molecule has 1 aromatic heterocycles. The van der Waals surface area contributed by atoms with E-state index in [1.165, 1.54) is 6.07 Å². The van der Waals surface area contributed by atoms with Crippen molar-refractivity contribution in [1.29, 1.82) is 0 Å². The minimum Gasteiger partial charge on any atom is -0.497 e. The molecule has 0 radical (unpaired) electrons. The van der Waals surface area contributed by atoms with E-state index in [0.717, 1.165) is 42.0 Å². The lowest BCUT2D eigenvalue weighted by Gasteiger charge is -2.70. The van der Waals surface area contributed by atoms with Crippen molar-refractivity contribution in [2.45, 2.75) is 49.0 Å². The molecular formula is C23H21ClFN3O4. The molecular weight excluding hydrogens is 437 g/mol. The Kier molecular flexibility index (Phi) is 4.08.